The molecule has 0 heterocycles. The minimum absolute atomic E-state index is 0. The Morgan fingerprint density at radius 1 is 0.833 bits per heavy atom. The molecule has 0 aliphatic heterocycles. The number of hydrogen-bond donors (Lipinski definition) is 0. The molecule has 0 radical (unpaired) electrons. The molecule has 0 N–H and O–H groups in total. The first-order valence-corrected chi connectivity index (χ1v) is 7.92. The van der Waals surface area contributed by atoms with Gasteiger partial charge in [-0.15, -0.1) is 69.6 Å². The molecule has 0 atom stereocenters. The summed E-state index contributed by atoms with van der Waals surface area (Å²) in [6.07, 6.45) is 0. The van der Waals surface area contributed by atoms with Crippen molar-refractivity contribution in [2.24, 2.45) is 0 Å². The summed E-state index contributed by atoms with van der Waals surface area (Å²) in [6, 6.07) is 0. The van der Waals surface area contributed by atoms with Gasteiger partial charge in [-0.05, 0) is 0 Å². The van der Waals surface area contributed by atoms with Gasteiger partial charge in [-0.3, -0.25) is 0 Å². The maximum absolute atomic E-state index is 10.0. The van der Waals surface area contributed by atoms with Crippen LogP contribution in [-0.4, -0.2) is 41.4 Å². The molecule has 0 spiro atoms. The van der Waals surface area contributed by atoms with Crippen LogP contribution in [0.1, 0.15) is 0 Å². The third kappa shape index (κ3) is 6.83. The maximum atomic E-state index is 10.0. The van der Waals surface area contributed by atoms with E-state index in [1.54, 1.807) is 0 Å². The summed E-state index contributed by atoms with van der Waals surface area (Å²) >= 11 is 35.3. The van der Waals surface area contributed by atoms with Crippen LogP contribution in [0.15, 0.2) is 0 Å². The molecule has 3 nitrogen and oxygen atoms in total. The largest absolute Gasteiger partial charge is 1.00 e. The zero-order valence-corrected chi connectivity index (χ0v) is 16.4. The van der Waals surface area contributed by atoms with Gasteiger partial charge >= 0.3 is 38.7 Å². The van der Waals surface area contributed by atoms with Gasteiger partial charge in [0.15, 0.2) is 0 Å². The van der Waals surface area contributed by atoms with Gasteiger partial charge in [0.05, 0.1) is 32.3 Å². The Morgan fingerprint density at radius 3 is 1.00 bits per heavy atom. The molecule has 0 bridgehead atoms. The van der Waals surface area contributed by atoms with Gasteiger partial charge in [0, 0.05) is 0 Å². The van der Waals surface area contributed by atoms with Gasteiger partial charge in [-0.1, -0.05) is 4.53 Å². The first-order chi connectivity index (χ1) is 7.73. The summed E-state index contributed by atoms with van der Waals surface area (Å²) in [5.41, 5.74) is 0. The molecule has 1 aliphatic carbocycles. The van der Waals surface area contributed by atoms with Crippen LogP contribution in [0.3, 0.4) is 0 Å². The second-order valence-electron chi connectivity index (χ2n) is 2.99. The van der Waals surface area contributed by atoms with E-state index >= 15 is 0 Å². The van der Waals surface area contributed by atoms with Crippen LogP contribution in [0.25, 0.3) is 0 Å². The van der Waals surface area contributed by atoms with Crippen molar-refractivity contribution in [2.75, 3.05) is 0 Å². The molecule has 18 heavy (non-hydrogen) atoms. The minimum atomic E-state index is -3.54. The van der Waals surface area contributed by atoms with E-state index in [1.807, 2.05) is 0 Å². The third-order valence-corrected chi connectivity index (χ3v) is 6.05. The predicted molar refractivity (Wildman–Crippen MR) is 66.5 cm³/mol. The summed E-state index contributed by atoms with van der Waals surface area (Å²) in [7, 11) is -3.54. The van der Waals surface area contributed by atoms with Crippen molar-refractivity contribution in [1.29, 1.82) is 0 Å². The molecule has 0 aromatic heterocycles. The predicted octanol–water partition coefficient (Wildman–Crippen LogP) is -0.688. The van der Waals surface area contributed by atoms with E-state index in [9.17, 15) is 4.53 Å². The van der Waals surface area contributed by atoms with Gasteiger partial charge in [-0.2, -0.15) is 0 Å². The standard InChI is InChI=1S/C6H6Cl6.FO3Si.Na/c7-1-2(8)4(10)6(12)5(11)3(1)9;1-4-5(2)3;/h1-6H;;/q;-1;+1/t1-,2-,3-,4+,5+,6+;;. The fourth-order valence-electron chi connectivity index (χ4n) is 1.05. The molecular formula is C6H6Cl6FNaO3Si. The van der Waals surface area contributed by atoms with Crippen LogP contribution in [0.4, 0.5) is 4.53 Å². The molecule has 0 aromatic rings. The fraction of sp³-hybridized carbons (Fsp3) is 1.00. The van der Waals surface area contributed by atoms with Crippen molar-refractivity contribution in [1.82, 2.24) is 0 Å². The van der Waals surface area contributed by atoms with Crippen molar-refractivity contribution in [3.63, 3.8) is 0 Å². The van der Waals surface area contributed by atoms with E-state index in [2.05, 4.69) is 4.63 Å². The number of hydrogen-bond acceptors (Lipinski definition) is 3. The van der Waals surface area contributed by atoms with E-state index in [0.29, 0.717) is 0 Å². The molecule has 12 heteroatoms. The van der Waals surface area contributed by atoms with Crippen molar-refractivity contribution < 1.29 is 48.0 Å². The van der Waals surface area contributed by atoms with Crippen molar-refractivity contribution in [2.45, 2.75) is 32.3 Å². The summed E-state index contributed by atoms with van der Waals surface area (Å²) in [5, 5.41) is -2.62. The summed E-state index contributed by atoms with van der Waals surface area (Å²) in [4.78, 5) is 8.84. The van der Waals surface area contributed by atoms with E-state index in [4.69, 9.17) is 78.9 Å². The van der Waals surface area contributed by atoms with Crippen molar-refractivity contribution in [3.05, 3.63) is 0 Å². The average Bonchev–Trinajstić information content (AvgIpc) is 2.32. The molecule has 1 aliphatic rings. The second kappa shape index (κ2) is 10.9. The van der Waals surface area contributed by atoms with Crippen LogP contribution >= 0.6 is 69.6 Å². The Hall–Kier alpha value is 2.29. The topological polar surface area (TPSA) is 49.4 Å². The minimum Gasteiger partial charge on any atom is -0.478 e. The molecule has 0 aromatic carbocycles. The van der Waals surface area contributed by atoms with Gasteiger partial charge < -0.3 is 13.9 Å². The molecule has 1 rings (SSSR count). The van der Waals surface area contributed by atoms with E-state index in [1.165, 1.54) is 0 Å². The van der Waals surface area contributed by atoms with Crippen LogP contribution in [0.2, 0.25) is 0 Å². The van der Waals surface area contributed by atoms with Gasteiger partial charge in [0.25, 0.3) is 0 Å². The molecule has 1 fully saturated rings. The third-order valence-electron chi connectivity index (χ3n) is 1.89. The molecule has 1 saturated carbocycles. The van der Waals surface area contributed by atoms with Crippen LogP contribution in [0, 0.1) is 0 Å². The maximum Gasteiger partial charge on any atom is 1.00 e. The van der Waals surface area contributed by atoms with E-state index in [-0.39, 0.29) is 29.6 Å². The average molecular weight is 409 g/mol. The molecule has 0 saturated heterocycles. The SMILES string of the molecule is Cl[C@H]1[C@H](Cl)[C@@H](Cl)[C@@H](Cl)[C@H](Cl)[C@H]1Cl.O=[Si]([O-])OF.[Na+]. The molecule has 0 amide bonds. The Kier molecular flexibility index (Phi) is 13.7. The monoisotopic (exact) mass is 406 g/mol. The Balaban J connectivity index is 0. The van der Waals surface area contributed by atoms with Crippen molar-refractivity contribution >= 4 is 78.8 Å². The van der Waals surface area contributed by atoms with Crippen LogP contribution < -0.4 is 34.4 Å². The zero-order valence-electron chi connectivity index (χ0n) is 8.83. The van der Waals surface area contributed by atoms with E-state index < -0.39 is 41.4 Å². The molecule has 0 unspecified atom stereocenters. The number of alkyl halides is 6. The van der Waals surface area contributed by atoms with E-state index in [0.717, 1.165) is 0 Å². The first-order valence-electron chi connectivity index (χ1n) is 4.08. The Labute approximate surface area is 157 Å². The first kappa shape index (κ1) is 22.6. The Morgan fingerprint density at radius 2 is 0.944 bits per heavy atom. The zero-order chi connectivity index (χ0) is 13.7. The number of rotatable bonds is 1. The molecule has 102 valence electrons. The van der Waals surface area contributed by atoms with Gasteiger partial charge in [0.2, 0.25) is 0 Å². The summed E-state index contributed by atoms with van der Waals surface area (Å²) < 4.78 is 21.1. The quantitative estimate of drug-likeness (QED) is 0.426. The summed E-state index contributed by atoms with van der Waals surface area (Å²) in [5.74, 6) is 0. The second-order valence-corrected chi connectivity index (χ2v) is 6.67. The van der Waals surface area contributed by atoms with Crippen molar-refractivity contribution in [3.8, 4) is 0 Å². The fourth-order valence-corrected chi connectivity index (χ4v) is 3.38. The van der Waals surface area contributed by atoms with Gasteiger partial charge in [0.1, 0.15) is 0 Å². The summed E-state index contributed by atoms with van der Waals surface area (Å²) in [6.45, 7) is 0. The molecular weight excluding hydrogens is 403 g/mol. The van der Waals surface area contributed by atoms with Crippen LogP contribution in [0.5, 0.6) is 0 Å². The smallest absolute Gasteiger partial charge is 0.478 e. The van der Waals surface area contributed by atoms with Crippen LogP contribution in [-0.2, 0) is 9.09 Å². The number of halogens is 7. The Bertz CT molecular complexity index is 209. The van der Waals surface area contributed by atoms with Gasteiger partial charge in [-0.25, -0.2) is 0 Å². The normalized spacial score (nSPS) is 38.8.